The summed E-state index contributed by atoms with van der Waals surface area (Å²) in [6.07, 6.45) is 0. The molecule has 2 rings (SSSR count). The number of aromatic carboxylic acids is 1. The van der Waals surface area contributed by atoms with E-state index in [1.807, 2.05) is 20.8 Å². The van der Waals surface area contributed by atoms with Crippen LogP contribution in [-0.2, 0) is 29.2 Å². The van der Waals surface area contributed by atoms with Gasteiger partial charge in [0.1, 0.15) is 12.4 Å². The monoisotopic (exact) mass is 377 g/mol. The zero-order valence-corrected chi connectivity index (χ0v) is 16.0. The standard InChI is InChI=1S/C19H23NO7/c1-19(2,3)13-7-6-11(16(21)22)8-14(13)20-10-27-9-12(17(23)25-4)15(20)18(24)26-5/h6-8H,9-10H2,1-5H3,(H,21,22). The van der Waals surface area contributed by atoms with Gasteiger partial charge in [0, 0.05) is 5.69 Å². The van der Waals surface area contributed by atoms with Crippen LogP contribution in [0.2, 0.25) is 0 Å². The molecule has 0 atom stereocenters. The van der Waals surface area contributed by atoms with Crippen molar-refractivity contribution >= 4 is 23.6 Å². The summed E-state index contributed by atoms with van der Waals surface area (Å²) in [6, 6.07) is 4.65. The number of esters is 2. The van der Waals surface area contributed by atoms with Crippen LogP contribution >= 0.6 is 0 Å². The van der Waals surface area contributed by atoms with Crippen LogP contribution in [0.5, 0.6) is 0 Å². The molecule has 0 radical (unpaired) electrons. The van der Waals surface area contributed by atoms with Gasteiger partial charge in [-0.3, -0.25) is 0 Å². The predicted molar refractivity (Wildman–Crippen MR) is 96.5 cm³/mol. The van der Waals surface area contributed by atoms with Crippen molar-refractivity contribution in [2.45, 2.75) is 26.2 Å². The van der Waals surface area contributed by atoms with Gasteiger partial charge in [-0.05, 0) is 23.1 Å². The molecule has 1 N–H and O–H groups in total. The number of carbonyl (C=O) groups is 3. The molecule has 1 heterocycles. The van der Waals surface area contributed by atoms with Crippen molar-refractivity contribution in [2.75, 3.05) is 32.5 Å². The van der Waals surface area contributed by atoms with Crippen LogP contribution in [0.1, 0.15) is 36.7 Å². The highest BCUT2D eigenvalue weighted by atomic mass is 16.5. The quantitative estimate of drug-likeness (QED) is 0.796. The van der Waals surface area contributed by atoms with Gasteiger partial charge in [-0.15, -0.1) is 0 Å². The smallest absolute Gasteiger partial charge is 0.355 e. The first-order valence-corrected chi connectivity index (χ1v) is 8.24. The van der Waals surface area contributed by atoms with Crippen LogP contribution in [0.25, 0.3) is 0 Å². The summed E-state index contributed by atoms with van der Waals surface area (Å²) in [6.45, 7) is 5.72. The number of methoxy groups -OCH3 is 2. The zero-order chi connectivity index (χ0) is 20.4. The highest BCUT2D eigenvalue weighted by molar-refractivity contribution is 6.04. The normalized spacial score (nSPS) is 14.8. The van der Waals surface area contributed by atoms with E-state index in [-0.39, 0.29) is 35.6 Å². The third-order valence-corrected chi connectivity index (χ3v) is 4.18. The molecule has 0 saturated carbocycles. The molecular formula is C19H23NO7. The molecule has 1 aromatic rings. The largest absolute Gasteiger partial charge is 0.478 e. The topological polar surface area (TPSA) is 102 Å². The fourth-order valence-corrected chi connectivity index (χ4v) is 2.86. The molecule has 0 saturated heterocycles. The predicted octanol–water partition coefficient (Wildman–Crippen LogP) is 2.08. The molecule has 0 unspecified atom stereocenters. The van der Waals surface area contributed by atoms with E-state index in [9.17, 15) is 19.5 Å². The second kappa shape index (κ2) is 7.79. The Morgan fingerprint density at radius 3 is 2.26 bits per heavy atom. The molecule has 1 aliphatic rings. The van der Waals surface area contributed by atoms with E-state index in [1.54, 1.807) is 6.07 Å². The Bertz CT molecular complexity index is 805. The number of rotatable bonds is 4. The number of carboxylic acid groups (broad SMARTS) is 1. The van der Waals surface area contributed by atoms with E-state index < -0.39 is 17.9 Å². The Balaban J connectivity index is 2.76. The van der Waals surface area contributed by atoms with E-state index in [4.69, 9.17) is 14.2 Å². The van der Waals surface area contributed by atoms with Gasteiger partial charge in [0.25, 0.3) is 0 Å². The highest BCUT2D eigenvalue weighted by Gasteiger charge is 2.35. The minimum Gasteiger partial charge on any atom is -0.478 e. The van der Waals surface area contributed by atoms with Gasteiger partial charge in [-0.2, -0.15) is 0 Å². The van der Waals surface area contributed by atoms with Crippen molar-refractivity contribution in [3.05, 3.63) is 40.6 Å². The Morgan fingerprint density at radius 1 is 1.11 bits per heavy atom. The van der Waals surface area contributed by atoms with Crippen LogP contribution < -0.4 is 4.90 Å². The summed E-state index contributed by atoms with van der Waals surface area (Å²) in [5.74, 6) is -2.56. The molecule has 8 nitrogen and oxygen atoms in total. The maximum atomic E-state index is 12.5. The summed E-state index contributed by atoms with van der Waals surface area (Å²) in [7, 11) is 2.41. The summed E-state index contributed by atoms with van der Waals surface area (Å²) >= 11 is 0. The average Bonchev–Trinajstić information content (AvgIpc) is 2.64. The number of hydrogen-bond donors (Lipinski definition) is 1. The molecule has 0 aliphatic carbocycles. The van der Waals surface area contributed by atoms with E-state index in [0.717, 1.165) is 5.56 Å². The SMILES string of the molecule is COC(=O)C1=C(C(=O)OC)N(c2cc(C(=O)O)ccc2C(C)(C)C)COC1. The van der Waals surface area contributed by atoms with Gasteiger partial charge < -0.3 is 24.2 Å². The van der Waals surface area contributed by atoms with E-state index in [1.165, 1.54) is 31.3 Å². The van der Waals surface area contributed by atoms with Crippen molar-refractivity contribution in [1.82, 2.24) is 0 Å². The molecule has 0 amide bonds. The molecule has 1 aromatic carbocycles. The highest BCUT2D eigenvalue weighted by Crippen LogP contribution is 2.36. The van der Waals surface area contributed by atoms with Gasteiger partial charge >= 0.3 is 17.9 Å². The van der Waals surface area contributed by atoms with Crippen LogP contribution in [0.15, 0.2) is 29.5 Å². The maximum absolute atomic E-state index is 12.5. The number of anilines is 1. The molecule has 0 aromatic heterocycles. The second-order valence-corrected chi connectivity index (χ2v) is 7.00. The number of carbonyl (C=O) groups excluding carboxylic acids is 2. The molecule has 0 spiro atoms. The molecule has 0 bridgehead atoms. The lowest BCUT2D eigenvalue weighted by Crippen LogP contribution is -2.40. The molecule has 8 heteroatoms. The van der Waals surface area contributed by atoms with Gasteiger partial charge in [0.15, 0.2) is 0 Å². The average molecular weight is 377 g/mol. The van der Waals surface area contributed by atoms with Crippen molar-refractivity contribution in [1.29, 1.82) is 0 Å². The first-order chi connectivity index (χ1) is 12.6. The van der Waals surface area contributed by atoms with Gasteiger partial charge in [-0.25, -0.2) is 14.4 Å². The number of hydrogen-bond acceptors (Lipinski definition) is 7. The lowest BCUT2D eigenvalue weighted by molar-refractivity contribution is -0.140. The maximum Gasteiger partial charge on any atom is 0.355 e. The first-order valence-electron chi connectivity index (χ1n) is 8.24. The minimum absolute atomic E-state index is 0.0104. The molecule has 1 aliphatic heterocycles. The lowest BCUT2D eigenvalue weighted by atomic mass is 9.84. The van der Waals surface area contributed by atoms with Crippen LogP contribution in [0.4, 0.5) is 5.69 Å². The lowest BCUT2D eigenvalue weighted by Gasteiger charge is -2.35. The fourth-order valence-electron chi connectivity index (χ4n) is 2.86. The van der Waals surface area contributed by atoms with Gasteiger partial charge in [0.05, 0.1) is 32.0 Å². The first kappa shape index (κ1) is 20.4. The van der Waals surface area contributed by atoms with Gasteiger partial charge in [-0.1, -0.05) is 26.8 Å². The summed E-state index contributed by atoms with van der Waals surface area (Å²) < 4.78 is 15.1. The fraction of sp³-hybridized carbons (Fsp3) is 0.421. The van der Waals surface area contributed by atoms with Crippen molar-refractivity contribution in [3.8, 4) is 0 Å². The Hall–Kier alpha value is -2.87. The third kappa shape index (κ3) is 4.11. The van der Waals surface area contributed by atoms with Crippen LogP contribution in [0.3, 0.4) is 0 Å². The Labute approximate surface area is 157 Å². The Kier molecular flexibility index (Phi) is 5.90. The zero-order valence-electron chi connectivity index (χ0n) is 16.0. The number of benzene rings is 1. The van der Waals surface area contributed by atoms with Crippen LogP contribution in [0, 0.1) is 0 Å². The number of carboxylic acids is 1. The third-order valence-electron chi connectivity index (χ3n) is 4.18. The molecule has 146 valence electrons. The van der Waals surface area contributed by atoms with E-state index in [0.29, 0.717) is 5.69 Å². The summed E-state index contributed by atoms with van der Waals surface area (Å²) in [4.78, 5) is 37.5. The van der Waals surface area contributed by atoms with Crippen molar-refractivity contribution in [3.63, 3.8) is 0 Å². The van der Waals surface area contributed by atoms with Crippen LogP contribution in [-0.4, -0.2) is 50.6 Å². The molecule has 0 fully saturated rings. The van der Waals surface area contributed by atoms with E-state index in [2.05, 4.69) is 0 Å². The summed E-state index contributed by atoms with van der Waals surface area (Å²) in [5, 5.41) is 9.37. The molecule has 27 heavy (non-hydrogen) atoms. The summed E-state index contributed by atoms with van der Waals surface area (Å²) in [5.41, 5.74) is 0.899. The molecular weight excluding hydrogens is 354 g/mol. The number of nitrogens with zero attached hydrogens (tertiary/aromatic N) is 1. The van der Waals surface area contributed by atoms with Crippen molar-refractivity contribution < 1.29 is 33.7 Å². The second-order valence-electron chi connectivity index (χ2n) is 7.00. The Morgan fingerprint density at radius 2 is 1.74 bits per heavy atom. The van der Waals surface area contributed by atoms with Crippen molar-refractivity contribution in [2.24, 2.45) is 0 Å². The number of ether oxygens (including phenoxy) is 3. The van der Waals surface area contributed by atoms with Gasteiger partial charge in [0.2, 0.25) is 0 Å². The van der Waals surface area contributed by atoms with E-state index >= 15 is 0 Å². The minimum atomic E-state index is -1.11.